The number of hydrogen-bond donors (Lipinski definition) is 0. The van der Waals surface area contributed by atoms with Crippen LogP contribution in [0.25, 0.3) is 0 Å². The Morgan fingerprint density at radius 1 is 1.21 bits per heavy atom. The molecule has 6 rings (SSSR count). The zero-order valence-corrected chi connectivity index (χ0v) is 19.2. The van der Waals surface area contributed by atoms with E-state index in [0.717, 1.165) is 42.9 Å². The molecule has 2 aromatic rings. The Morgan fingerprint density at radius 2 is 2.00 bits per heavy atom. The summed E-state index contributed by atoms with van der Waals surface area (Å²) >= 11 is 0. The molecule has 5 nitrogen and oxygen atoms in total. The van der Waals surface area contributed by atoms with Crippen LogP contribution in [0.2, 0.25) is 0 Å². The van der Waals surface area contributed by atoms with E-state index in [0.29, 0.717) is 18.6 Å². The Labute approximate surface area is 196 Å². The number of terminal acetylenes is 1. The van der Waals surface area contributed by atoms with Crippen LogP contribution in [0.1, 0.15) is 29.5 Å². The minimum atomic E-state index is -0.217. The molecule has 4 aliphatic rings. The van der Waals surface area contributed by atoms with Gasteiger partial charge in [-0.1, -0.05) is 36.4 Å². The molecule has 2 bridgehead atoms. The first-order valence-electron chi connectivity index (χ1n) is 11.6. The van der Waals surface area contributed by atoms with Crippen molar-refractivity contribution in [2.24, 2.45) is 11.8 Å². The summed E-state index contributed by atoms with van der Waals surface area (Å²) in [6.45, 7) is 1.56. The van der Waals surface area contributed by atoms with Gasteiger partial charge < -0.3 is 19.1 Å². The first-order valence-corrected chi connectivity index (χ1v) is 11.6. The van der Waals surface area contributed by atoms with Crippen LogP contribution in [0.5, 0.6) is 11.5 Å². The molecule has 2 heterocycles. The monoisotopic (exact) mass is 442 g/mol. The minimum Gasteiger partial charge on any atom is -0.485 e. The van der Waals surface area contributed by atoms with Gasteiger partial charge in [-0.2, -0.15) is 5.26 Å². The van der Waals surface area contributed by atoms with Crippen LogP contribution in [0.15, 0.2) is 42.5 Å². The molecule has 0 N–H and O–H groups in total. The average Bonchev–Trinajstić information content (AvgIpc) is 3.21. The number of hydrogen-bond acceptors (Lipinski definition) is 5. The van der Waals surface area contributed by atoms with Gasteiger partial charge in [0.1, 0.15) is 18.8 Å². The number of nitrogens with zero attached hydrogens (tertiary/aromatic N) is 2. The zero-order chi connectivity index (χ0) is 23.2. The third-order valence-corrected chi connectivity index (χ3v) is 8.30. The zero-order valence-electron chi connectivity index (χ0n) is 19.2. The summed E-state index contributed by atoms with van der Waals surface area (Å²) in [6.07, 6.45) is 10.6. The van der Waals surface area contributed by atoms with E-state index in [1.165, 1.54) is 11.1 Å². The van der Waals surface area contributed by atoms with Gasteiger partial charge in [0, 0.05) is 24.1 Å². The minimum absolute atomic E-state index is 0.0831. The average molecular weight is 443 g/mol. The molecule has 33 heavy (non-hydrogen) atoms. The van der Waals surface area contributed by atoms with Crippen LogP contribution in [-0.2, 0) is 23.2 Å². The number of nitriles is 1. The van der Waals surface area contributed by atoms with Crippen molar-refractivity contribution in [2.45, 2.75) is 49.5 Å². The molecule has 0 radical (unpaired) electrons. The maximum Gasteiger partial charge on any atom is 0.165 e. The van der Waals surface area contributed by atoms with Gasteiger partial charge in [-0.3, -0.25) is 0 Å². The number of methoxy groups -OCH3 is 1. The smallest absolute Gasteiger partial charge is 0.165 e. The maximum atomic E-state index is 9.93. The summed E-state index contributed by atoms with van der Waals surface area (Å²) in [7, 11) is 3.96. The van der Waals surface area contributed by atoms with E-state index < -0.39 is 0 Å². The van der Waals surface area contributed by atoms with Gasteiger partial charge in [-0.25, -0.2) is 0 Å². The number of benzene rings is 2. The molecule has 1 saturated carbocycles. The lowest BCUT2D eigenvalue weighted by molar-refractivity contribution is -0.127. The maximum absolute atomic E-state index is 9.93. The van der Waals surface area contributed by atoms with Crippen molar-refractivity contribution in [3.8, 4) is 30.4 Å². The topological polar surface area (TPSA) is 54.7 Å². The standard InChI is InChI=1S/C26H28N2O3.C2H2/c1-28-11-10-26-19-12-18(14-27)23(29-2)25(26)31-24-21(30-15-16-6-4-3-5-7-16)9-8-17(22(24)26)13-20(19)28;1-2/h3-9,18-20,23,25H,10-13,15H2,1-2H3;1-2H/t18-,19?,20?,23?,25+,26?;/m1./s1. The molecule has 170 valence electrons. The van der Waals surface area contributed by atoms with E-state index in [1.807, 2.05) is 18.2 Å². The molecular weight excluding hydrogens is 412 g/mol. The van der Waals surface area contributed by atoms with E-state index >= 15 is 0 Å². The largest absolute Gasteiger partial charge is 0.485 e. The summed E-state index contributed by atoms with van der Waals surface area (Å²) < 4.78 is 19.0. The Bertz CT molecular complexity index is 1090. The molecule has 0 amide bonds. The number of ether oxygens (including phenoxy) is 3. The Hall–Kier alpha value is -2.99. The van der Waals surface area contributed by atoms with Gasteiger partial charge >= 0.3 is 0 Å². The number of rotatable bonds is 4. The molecule has 0 aromatic heterocycles. The predicted molar refractivity (Wildman–Crippen MR) is 126 cm³/mol. The third kappa shape index (κ3) is 3.07. The van der Waals surface area contributed by atoms with E-state index in [1.54, 1.807) is 7.11 Å². The number of likely N-dealkylation sites (tertiary alicyclic amines) is 1. The summed E-state index contributed by atoms with van der Waals surface area (Å²) in [4.78, 5) is 2.50. The molecular formula is C28H30N2O3. The van der Waals surface area contributed by atoms with Crippen molar-refractivity contribution in [1.82, 2.24) is 4.90 Å². The van der Waals surface area contributed by atoms with E-state index in [-0.39, 0.29) is 23.5 Å². The second kappa shape index (κ2) is 8.41. The van der Waals surface area contributed by atoms with Gasteiger partial charge in [-0.15, -0.1) is 12.8 Å². The fourth-order valence-electron chi connectivity index (χ4n) is 6.94. The molecule has 2 aromatic carbocycles. The Morgan fingerprint density at radius 3 is 2.73 bits per heavy atom. The summed E-state index contributed by atoms with van der Waals surface area (Å²) in [5, 5.41) is 9.93. The quantitative estimate of drug-likeness (QED) is 0.671. The summed E-state index contributed by atoms with van der Waals surface area (Å²) in [6, 6.07) is 17.5. The summed E-state index contributed by atoms with van der Waals surface area (Å²) in [5.74, 6) is 1.97. The second-order valence-electron chi connectivity index (χ2n) is 9.56. The molecule has 1 spiro atoms. The highest BCUT2D eigenvalue weighted by atomic mass is 16.6. The molecule has 5 heteroatoms. The number of piperidine rings is 1. The fourth-order valence-corrected chi connectivity index (χ4v) is 6.94. The lowest BCUT2D eigenvalue weighted by Crippen LogP contribution is -2.68. The molecule has 2 aliphatic carbocycles. The van der Waals surface area contributed by atoms with Crippen molar-refractivity contribution in [3.63, 3.8) is 0 Å². The molecule has 6 atom stereocenters. The fraction of sp³-hybridized carbons (Fsp3) is 0.464. The van der Waals surface area contributed by atoms with Crippen LogP contribution >= 0.6 is 0 Å². The lowest BCUT2D eigenvalue weighted by atomic mass is 9.50. The van der Waals surface area contributed by atoms with Crippen molar-refractivity contribution in [2.75, 3.05) is 20.7 Å². The lowest BCUT2D eigenvalue weighted by Gasteiger charge is -2.59. The SMILES string of the molecule is C#C.COC1[C@@H](C#N)CC2C3Cc4ccc(OCc5ccccc5)c5c4C2(CCN3C)[C@H]1O5. The van der Waals surface area contributed by atoms with Crippen LogP contribution in [0, 0.1) is 36.0 Å². The van der Waals surface area contributed by atoms with Crippen LogP contribution in [0.3, 0.4) is 0 Å². The van der Waals surface area contributed by atoms with Crippen LogP contribution in [0.4, 0.5) is 0 Å². The molecule has 2 aliphatic heterocycles. The van der Waals surface area contributed by atoms with Gasteiger partial charge in [-0.05, 0) is 56.0 Å². The molecule has 4 unspecified atom stereocenters. The highest BCUT2D eigenvalue weighted by Crippen LogP contribution is 2.64. The van der Waals surface area contributed by atoms with Gasteiger partial charge in [0.15, 0.2) is 11.5 Å². The third-order valence-electron chi connectivity index (χ3n) is 8.30. The van der Waals surface area contributed by atoms with Crippen LogP contribution < -0.4 is 9.47 Å². The first-order chi connectivity index (χ1) is 16.2. The first kappa shape index (κ1) is 21.8. The Balaban J connectivity index is 0.00000111. The van der Waals surface area contributed by atoms with E-state index in [9.17, 15) is 5.26 Å². The number of likely N-dealkylation sites (N-methyl/N-ethyl adjacent to an activating group) is 1. The molecule has 1 saturated heterocycles. The van der Waals surface area contributed by atoms with E-state index in [4.69, 9.17) is 14.2 Å². The van der Waals surface area contributed by atoms with Crippen molar-refractivity contribution >= 4 is 0 Å². The van der Waals surface area contributed by atoms with Crippen molar-refractivity contribution in [1.29, 1.82) is 5.26 Å². The van der Waals surface area contributed by atoms with E-state index in [2.05, 4.69) is 55.1 Å². The highest BCUT2D eigenvalue weighted by molar-refractivity contribution is 5.61. The van der Waals surface area contributed by atoms with Crippen LogP contribution in [-0.4, -0.2) is 43.9 Å². The second-order valence-corrected chi connectivity index (χ2v) is 9.56. The summed E-state index contributed by atoms with van der Waals surface area (Å²) in [5.41, 5.74) is 3.77. The normalized spacial score (nSPS) is 33.0. The molecule has 2 fully saturated rings. The Kier molecular flexibility index (Phi) is 5.57. The van der Waals surface area contributed by atoms with Gasteiger partial charge in [0.05, 0.1) is 12.0 Å². The van der Waals surface area contributed by atoms with Crippen molar-refractivity contribution in [3.05, 3.63) is 59.2 Å². The van der Waals surface area contributed by atoms with Crippen molar-refractivity contribution < 1.29 is 14.2 Å². The van der Waals surface area contributed by atoms with Gasteiger partial charge in [0.2, 0.25) is 0 Å². The predicted octanol–water partition coefficient (Wildman–Crippen LogP) is 3.95. The van der Waals surface area contributed by atoms with Gasteiger partial charge in [0.25, 0.3) is 0 Å². The highest BCUT2D eigenvalue weighted by Gasteiger charge is 2.67.